The number of likely N-dealkylation sites (N-methyl/N-ethyl adjacent to an activating group) is 1. The second-order valence-electron chi connectivity index (χ2n) is 4.30. The minimum atomic E-state index is -1.32. The highest BCUT2D eigenvalue weighted by atomic mass is 16.5. The summed E-state index contributed by atoms with van der Waals surface area (Å²) in [6, 6.07) is 2.35. The zero-order chi connectivity index (χ0) is 14.9. The molecular formula is C12H12N4O4. The Morgan fingerprint density at radius 1 is 1.65 bits per heavy atom. The van der Waals surface area contributed by atoms with Crippen LogP contribution in [0.3, 0.4) is 0 Å². The predicted octanol–water partition coefficient (Wildman–Crippen LogP) is 0.333. The van der Waals surface area contributed by atoms with Crippen LogP contribution < -0.4 is 15.0 Å². The third kappa shape index (κ3) is 2.33. The Labute approximate surface area is 114 Å². The predicted molar refractivity (Wildman–Crippen MR) is 67.4 cm³/mol. The normalized spacial score (nSPS) is 21.2. The maximum absolute atomic E-state index is 12.2. The molecule has 0 aliphatic carbocycles. The summed E-state index contributed by atoms with van der Waals surface area (Å²) in [6.07, 6.45) is -0.719. The molecule has 0 saturated heterocycles. The number of carbonyl (C=O) groups is 2. The van der Waals surface area contributed by atoms with Crippen molar-refractivity contribution < 1.29 is 19.4 Å². The van der Waals surface area contributed by atoms with Crippen LogP contribution in [0.5, 0.6) is 5.75 Å². The van der Waals surface area contributed by atoms with Gasteiger partial charge in [-0.2, -0.15) is 5.26 Å². The van der Waals surface area contributed by atoms with Gasteiger partial charge in [-0.25, -0.2) is 9.78 Å². The first-order valence-corrected chi connectivity index (χ1v) is 5.78. The van der Waals surface area contributed by atoms with Crippen LogP contribution in [-0.4, -0.2) is 41.3 Å². The first kappa shape index (κ1) is 13.6. The van der Waals surface area contributed by atoms with E-state index in [1.807, 2.05) is 6.07 Å². The Morgan fingerprint density at radius 3 is 2.95 bits per heavy atom. The van der Waals surface area contributed by atoms with Crippen molar-refractivity contribution in [2.24, 2.45) is 0 Å². The molecule has 20 heavy (non-hydrogen) atoms. The summed E-state index contributed by atoms with van der Waals surface area (Å²) in [5.74, 6) is 0.0356. The number of nitrogens with one attached hydrogen (secondary N) is 1. The average molecular weight is 276 g/mol. The molecule has 8 nitrogen and oxygen atoms in total. The van der Waals surface area contributed by atoms with Crippen LogP contribution in [0.2, 0.25) is 0 Å². The summed E-state index contributed by atoms with van der Waals surface area (Å²) in [6.45, 7) is 1.57. The third-order valence-corrected chi connectivity index (χ3v) is 2.94. The Bertz CT molecular complexity index is 610. The number of pyridine rings is 1. The van der Waals surface area contributed by atoms with Gasteiger partial charge < -0.3 is 15.2 Å². The molecule has 1 aromatic rings. The number of amides is 2. The number of ether oxygens (including phenoxy) is 1. The zero-order valence-electron chi connectivity index (χ0n) is 10.8. The summed E-state index contributed by atoms with van der Waals surface area (Å²) < 4.78 is 5.55. The average Bonchev–Trinajstić information content (AvgIpc) is 2.49. The van der Waals surface area contributed by atoms with Gasteiger partial charge >= 0.3 is 6.09 Å². The van der Waals surface area contributed by atoms with Crippen LogP contribution in [0.25, 0.3) is 0 Å². The number of aromatic nitrogens is 1. The van der Waals surface area contributed by atoms with Gasteiger partial charge in [-0.1, -0.05) is 0 Å². The molecule has 2 amide bonds. The van der Waals surface area contributed by atoms with Gasteiger partial charge in [0.05, 0.1) is 5.56 Å². The first-order valence-electron chi connectivity index (χ1n) is 5.78. The Kier molecular flexibility index (Phi) is 3.43. The molecule has 0 unspecified atom stereocenters. The van der Waals surface area contributed by atoms with E-state index >= 15 is 0 Å². The lowest BCUT2D eigenvalue weighted by Crippen LogP contribution is -2.52. The molecule has 1 aliphatic rings. The molecule has 0 fully saturated rings. The lowest BCUT2D eigenvalue weighted by atomic mass is 10.1. The number of hydrogen-bond acceptors (Lipinski definition) is 5. The molecule has 0 saturated carbocycles. The molecule has 1 aromatic heterocycles. The van der Waals surface area contributed by atoms with Gasteiger partial charge in [-0.05, 0) is 6.92 Å². The van der Waals surface area contributed by atoms with E-state index in [0.717, 1.165) is 0 Å². The second kappa shape index (κ2) is 5.05. The van der Waals surface area contributed by atoms with Gasteiger partial charge in [0.15, 0.2) is 11.6 Å². The van der Waals surface area contributed by atoms with Crippen molar-refractivity contribution in [3.8, 4) is 11.8 Å². The smallest absolute Gasteiger partial charge is 0.405 e. The number of fused-ring (bicyclic) bond motifs is 1. The summed E-state index contributed by atoms with van der Waals surface area (Å²) in [7, 11) is 1.47. The molecule has 2 N–H and O–H groups in total. The topological polar surface area (TPSA) is 116 Å². The van der Waals surface area contributed by atoms with E-state index in [0.29, 0.717) is 5.56 Å². The van der Waals surface area contributed by atoms with Crippen molar-refractivity contribution >= 4 is 17.8 Å². The van der Waals surface area contributed by atoms with Crippen LogP contribution in [-0.2, 0) is 4.79 Å². The monoisotopic (exact) mass is 276 g/mol. The van der Waals surface area contributed by atoms with Crippen LogP contribution in [0.1, 0.15) is 12.5 Å². The number of nitrogens with zero attached hydrogens (tertiary/aromatic N) is 3. The lowest BCUT2D eigenvalue weighted by Gasteiger charge is -2.21. The van der Waals surface area contributed by atoms with E-state index in [4.69, 9.17) is 15.1 Å². The van der Waals surface area contributed by atoms with Crippen molar-refractivity contribution in [1.29, 1.82) is 5.26 Å². The van der Waals surface area contributed by atoms with Crippen molar-refractivity contribution in [2.75, 3.05) is 11.9 Å². The molecule has 2 atom stereocenters. The molecule has 8 heteroatoms. The number of rotatable bonds is 1. The van der Waals surface area contributed by atoms with Crippen LogP contribution >= 0.6 is 0 Å². The molecule has 2 rings (SSSR count). The maximum Gasteiger partial charge on any atom is 0.405 e. The Balaban J connectivity index is 2.44. The number of carboxylic acid groups (broad SMARTS) is 1. The van der Waals surface area contributed by atoms with E-state index < -0.39 is 24.1 Å². The van der Waals surface area contributed by atoms with Crippen LogP contribution in [0, 0.1) is 11.3 Å². The number of nitriles is 1. The molecule has 104 valence electrons. The van der Waals surface area contributed by atoms with Gasteiger partial charge in [0.1, 0.15) is 18.2 Å². The highest BCUT2D eigenvalue weighted by Gasteiger charge is 2.36. The number of anilines is 1. The van der Waals surface area contributed by atoms with Gasteiger partial charge in [-0.15, -0.1) is 0 Å². The van der Waals surface area contributed by atoms with E-state index in [1.165, 1.54) is 24.2 Å². The quantitative estimate of drug-likeness (QED) is 0.763. The fourth-order valence-electron chi connectivity index (χ4n) is 1.93. The highest BCUT2D eigenvalue weighted by Crippen LogP contribution is 2.30. The molecule has 2 heterocycles. The largest absolute Gasteiger partial charge is 0.484 e. The Hall–Kier alpha value is -2.82. The number of hydrogen-bond donors (Lipinski definition) is 2. The minimum absolute atomic E-state index is 0.246. The van der Waals surface area contributed by atoms with Gasteiger partial charge in [0.25, 0.3) is 5.91 Å². The standard InChI is InChI=1S/C12H12N4O4/c1-6-9(15-12(18)19)11(17)16(2)10-8(20-6)3-7(4-13)5-14-10/h3,5-6,9,15H,1-2H3,(H,18,19)/t6-,9+/m1/s1. The maximum atomic E-state index is 12.2. The van der Waals surface area contributed by atoms with Crippen molar-refractivity contribution in [3.05, 3.63) is 17.8 Å². The Morgan fingerprint density at radius 2 is 2.35 bits per heavy atom. The fourth-order valence-corrected chi connectivity index (χ4v) is 1.93. The van der Waals surface area contributed by atoms with E-state index in [2.05, 4.69) is 10.3 Å². The molecule has 0 radical (unpaired) electrons. The van der Waals surface area contributed by atoms with E-state index in [-0.39, 0.29) is 11.6 Å². The zero-order valence-corrected chi connectivity index (χ0v) is 10.8. The van der Waals surface area contributed by atoms with Crippen molar-refractivity contribution in [2.45, 2.75) is 19.1 Å². The third-order valence-electron chi connectivity index (χ3n) is 2.94. The summed E-state index contributed by atoms with van der Waals surface area (Å²) in [4.78, 5) is 28.2. The molecule has 1 aliphatic heterocycles. The number of carbonyl (C=O) groups excluding carboxylic acids is 1. The van der Waals surface area contributed by atoms with E-state index in [9.17, 15) is 9.59 Å². The first-order chi connectivity index (χ1) is 9.43. The van der Waals surface area contributed by atoms with Gasteiger partial charge in [0.2, 0.25) is 0 Å². The van der Waals surface area contributed by atoms with E-state index in [1.54, 1.807) is 6.92 Å². The second-order valence-corrected chi connectivity index (χ2v) is 4.30. The molecule has 0 aromatic carbocycles. The lowest BCUT2D eigenvalue weighted by molar-refractivity contribution is -0.121. The summed E-state index contributed by atoms with van der Waals surface area (Å²) in [5, 5.41) is 19.8. The van der Waals surface area contributed by atoms with Crippen molar-refractivity contribution in [3.63, 3.8) is 0 Å². The molecular weight excluding hydrogens is 264 g/mol. The van der Waals surface area contributed by atoms with Crippen LogP contribution in [0.4, 0.5) is 10.6 Å². The molecule has 0 spiro atoms. The van der Waals surface area contributed by atoms with Gasteiger partial charge in [0, 0.05) is 19.3 Å². The SMILES string of the molecule is C[C@H]1Oc2cc(C#N)cnc2N(C)C(=O)[C@H]1NC(=O)O. The molecule has 0 bridgehead atoms. The van der Waals surface area contributed by atoms with Gasteiger partial charge in [-0.3, -0.25) is 9.69 Å². The summed E-state index contributed by atoms with van der Waals surface area (Å²) >= 11 is 0. The fraction of sp³-hybridized carbons (Fsp3) is 0.333. The van der Waals surface area contributed by atoms with Crippen molar-refractivity contribution in [1.82, 2.24) is 10.3 Å². The highest BCUT2D eigenvalue weighted by molar-refractivity contribution is 5.99. The minimum Gasteiger partial charge on any atom is -0.484 e. The van der Waals surface area contributed by atoms with Crippen LogP contribution in [0.15, 0.2) is 12.3 Å². The summed E-state index contributed by atoms with van der Waals surface area (Å²) in [5.41, 5.74) is 0.293.